The number of nitrogens with zero attached hydrogens (tertiary/aromatic N) is 1. The minimum atomic E-state index is -4.55. The fourth-order valence-electron chi connectivity index (χ4n) is 1.76. The number of alkyl halides is 3. The molecule has 2 nitrogen and oxygen atoms in total. The first-order valence-electron chi connectivity index (χ1n) is 5.57. The minimum Gasteiger partial charge on any atom is -0.329 e. The lowest BCUT2D eigenvalue weighted by Gasteiger charge is -2.26. The molecule has 0 saturated carbocycles. The van der Waals surface area contributed by atoms with Gasteiger partial charge in [0.05, 0.1) is 5.56 Å². The Morgan fingerprint density at radius 1 is 1.28 bits per heavy atom. The van der Waals surface area contributed by atoms with E-state index in [4.69, 9.17) is 5.73 Å². The molecule has 0 saturated heterocycles. The number of likely N-dealkylation sites (N-methyl/N-ethyl adjacent to an activating group) is 1. The number of benzene rings is 1. The molecule has 1 unspecified atom stereocenters. The molecule has 0 heterocycles. The van der Waals surface area contributed by atoms with Crippen LogP contribution in [0.4, 0.5) is 17.6 Å². The van der Waals surface area contributed by atoms with Crippen LogP contribution in [0.2, 0.25) is 0 Å². The van der Waals surface area contributed by atoms with Crippen LogP contribution in [0.5, 0.6) is 0 Å². The summed E-state index contributed by atoms with van der Waals surface area (Å²) in [4.78, 5) is 1.77. The van der Waals surface area contributed by atoms with E-state index in [0.717, 1.165) is 12.1 Å². The number of rotatable bonds is 4. The Morgan fingerprint density at radius 3 is 2.33 bits per heavy atom. The smallest absolute Gasteiger partial charge is 0.329 e. The zero-order chi connectivity index (χ0) is 13.9. The molecule has 1 aromatic carbocycles. The first-order valence-corrected chi connectivity index (χ1v) is 5.57. The molecule has 2 N–H and O–H groups in total. The summed E-state index contributed by atoms with van der Waals surface area (Å²) in [6.45, 7) is 2.59. The highest BCUT2D eigenvalue weighted by molar-refractivity contribution is 5.29. The molecule has 0 fully saturated rings. The van der Waals surface area contributed by atoms with Crippen molar-refractivity contribution in [2.75, 3.05) is 20.1 Å². The summed E-state index contributed by atoms with van der Waals surface area (Å²) in [5.74, 6) is -0.900. The number of nitrogens with two attached hydrogens (primary N) is 1. The normalized spacial score (nSPS) is 14.0. The SMILES string of the molecule is CCN(C)C(CN)c1cc(F)cc(C(F)(F)F)c1. The van der Waals surface area contributed by atoms with Gasteiger partial charge in [-0.3, -0.25) is 4.90 Å². The lowest BCUT2D eigenvalue weighted by molar-refractivity contribution is -0.137. The molecule has 1 atom stereocenters. The van der Waals surface area contributed by atoms with E-state index in [1.165, 1.54) is 0 Å². The Morgan fingerprint density at radius 2 is 1.89 bits per heavy atom. The molecule has 0 spiro atoms. The van der Waals surface area contributed by atoms with Gasteiger partial charge in [0.2, 0.25) is 0 Å². The summed E-state index contributed by atoms with van der Waals surface area (Å²) < 4.78 is 51.0. The molecule has 1 rings (SSSR count). The van der Waals surface area contributed by atoms with Crippen molar-refractivity contribution in [1.29, 1.82) is 0 Å². The van der Waals surface area contributed by atoms with Gasteiger partial charge < -0.3 is 5.73 Å². The van der Waals surface area contributed by atoms with Gasteiger partial charge in [-0.05, 0) is 37.4 Å². The summed E-state index contributed by atoms with van der Waals surface area (Å²) >= 11 is 0. The van der Waals surface area contributed by atoms with Gasteiger partial charge in [-0.2, -0.15) is 13.2 Å². The van der Waals surface area contributed by atoms with Crippen LogP contribution in [-0.2, 0) is 6.18 Å². The highest BCUT2D eigenvalue weighted by Crippen LogP contribution is 2.32. The second-order valence-corrected chi connectivity index (χ2v) is 4.10. The van der Waals surface area contributed by atoms with Crippen LogP contribution in [0.25, 0.3) is 0 Å². The van der Waals surface area contributed by atoms with Gasteiger partial charge in [0, 0.05) is 12.6 Å². The molecule has 0 aliphatic carbocycles. The molecular formula is C12H16F4N2. The molecule has 0 aliphatic rings. The van der Waals surface area contributed by atoms with E-state index in [1.54, 1.807) is 11.9 Å². The summed E-state index contributed by atoms with van der Waals surface area (Å²) in [6.07, 6.45) is -4.55. The van der Waals surface area contributed by atoms with E-state index in [-0.39, 0.29) is 12.1 Å². The maximum atomic E-state index is 13.3. The lowest BCUT2D eigenvalue weighted by atomic mass is 10.0. The largest absolute Gasteiger partial charge is 0.416 e. The Labute approximate surface area is 103 Å². The second-order valence-electron chi connectivity index (χ2n) is 4.10. The average molecular weight is 264 g/mol. The van der Waals surface area contributed by atoms with Crippen molar-refractivity contribution in [1.82, 2.24) is 4.90 Å². The van der Waals surface area contributed by atoms with Crippen molar-refractivity contribution in [2.45, 2.75) is 19.1 Å². The maximum Gasteiger partial charge on any atom is 0.416 e. The van der Waals surface area contributed by atoms with Gasteiger partial charge in [0.25, 0.3) is 0 Å². The summed E-state index contributed by atoms with van der Waals surface area (Å²) in [5.41, 5.74) is 4.80. The Balaban J connectivity index is 3.20. The molecule has 0 aliphatic heterocycles. The van der Waals surface area contributed by atoms with Gasteiger partial charge in [0.1, 0.15) is 5.82 Å². The number of hydrogen-bond acceptors (Lipinski definition) is 2. The highest BCUT2D eigenvalue weighted by Gasteiger charge is 2.32. The summed E-state index contributed by atoms with van der Waals surface area (Å²) in [5, 5.41) is 0. The third kappa shape index (κ3) is 3.43. The standard InChI is InChI=1S/C12H16F4N2/c1-3-18(2)11(7-17)8-4-9(12(14,15)16)6-10(13)5-8/h4-6,11H,3,7,17H2,1-2H3. The van der Waals surface area contributed by atoms with Gasteiger partial charge in [-0.15, -0.1) is 0 Å². The van der Waals surface area contributed by atoms with Crippen LogP contribution < -0.4 is 5.73 Å². The van der Waals surface area contributed by atoms with Gasteiger partial charge >= 0.3 is 6.18 Å². The fourth-order valence-corrected chi connectivity index (χ4v) is 1.76. The first kappa shape index (κ1) is 14.9. The number of hydrogen-bond donors (Lipinski definition) is 1. The predicted molar refractivity (Wildman–Crippen MR) is 61.5 cm³/mol. The molecule has 18 heavy (non-hydrogen) atoms. The predicted octanol–water partition coefficient (Wildman–Crippen LogP) is 2.80. The fraction of sp³-hybridized carbons (Fsp3) is 0.500. The summed E-state index contributed by atoms with van der Waals surface area (Å²) in [6, 6.07) is 2.11. The molecular weight excluding hydrogens is 248 g/mol. The molecule has 0 bridgehead atoms. The molecule has 6 heteroatoms. The molecule has 0 amide bonds. The quantitative estimate of drug-likeness (QED) is 0.847. The van der Waals surface area contributed by atoms with Crippen molar-refractivity contribution in [3.8, 4) is 0 Å². The van der Waals surface area contributed by atoms with Crippen LogP contribution in [0, 0.1) is 5.82 Å². The highest BCUT2D eigenvalue weighted by atomic mass is 19.4. The zero-order valence-corrected chi connectivity index (χ0v) is 10.3. The third-order valence-corrected chi connectivity index (χ3v) is 2.89. The third-order valence-electron chi connectivity index (χ3n) is 2.89. The van der Waals surface area contributed by atoms with Gasteiger partial charge in [0.15, 0.2) is 0 Å². The zero-order valence-electron chi connectivity index (χ0n) is 10.3. The van der Waals surface area contributed by atoms with Crippen LogP contribution in [0.1, 0.15) is 24.1 Å². The topological polar surface area (TPSA) is 29.3 Å². The molecule has 102 valence electrons. The van der Waals surface area contributed by atoms with Crippen LogP contribution in [0.3, 0.4) is 0 Å². The van der Waals surface area contributed by atoms with Gasteiger partial charge in [-0.25, -0.2) is 4.39 Å². The van der Waals surface area contributed by atoms with E-state index in [0.29, 0.717) is 12.6 Å². The van der Waals surface area contributed by atoms with E-state index < -0.39 is 23.6 Å². The Bertz CT molecular complexity index is 404. The van der Waals surface area contributed by atoms with E-state index in [9.17, 15) is 17.6 Å². The van der Waals surface area contributed by atoms with Crippen molar-refractivity contribution in [3.05, 3.63) is 35.1 Å². The Hall–Kier alpha value is -1.14. The van der Waals surface area contributed by atoms with Crippen molar-refractivity contribution < 1.29 is 17.6 Å². The lowest BCUT2D eigenvalue weighted by Crippen LogP contribution is -2.30. The molecule has 0 radical (unpaired) electrons. The summed E-state index contributed by atoms with van der Waals surface area (Å²) in [7, 11) is 1.73. The average Bonchev–Trinajstić information content (AvgIpc) is 2.27. The first-order chi connectivity index (χ1) is 8.29. The van der Waals surface area contributed by atoms with Crippen molar-refractivity contribution >= 4 is 0 Å². The van der Waals surface area contributed by atoms with E-state index in [2.05, 4.69) is 0 Å². The monoisotopic (exact) mass is 264 g/mol. The number of halogens is 4. The van der Waals surface area contributed by atoms with Crippen LogP contribution in [0.15, 0.2) is 18.2 Å². The van der Waals surface area contributed by atoms with Crippen molar-refractivity contribution in [2.24, 2.45) is 5.73 Å². The second kappa shape index (κ2) is 5.67. The molecule has 0 aromatic heterocycles. The van der Waals surface area contributed by atoms with Crippen molar-refractivity contribution in [3.63, 3.8) is 0 Å². The van der Waals surface area contributed by atoms with Crippen LogP contribution >= 0.6 is 0 Å². The van der Waals surface area contributed by atoms with Crippen LogP contribution in [-0.4, -0.2) is 25.0 Å². The molecule has 1 aromatic rings. The van der Waals surface area contributed by atoms with E-state index in [1.807, 2.05) is 6.92 Å². The maximum absolute atomic E-state index is 13.3. The minimum absolute atomic E-state index is 0.130. The Kier molecular flexibility index (Phi) is 4.70. The van der Waals surface area contributed by atoms with E-state index >= 15 is 0 Å². The van der Waals surface area contributed by atoms with Gasteiger partial charge in [-0.1, -0.05) is 6.92 Å².